The predicted octanol–water partition coefficient (Wildman–Crippen LogP) is 4.39. The molecule has 0 spiro atoms. The Morgan fingerprint density at radius 2 is 1.88 bits per heavy atom. The number of nitrogens with one attached hydrogen (secondary N) is 1. The number of aromatic nitrogens is 2. The molecule has 0 saturated carbocycles. The van der Waals surface area contributed by atoms with Crippen LogP contribution < -0.4 is 10.1 Å². The fraction of sp³-hybridized carbons (Fsp3) is 0.111. The molecule has 0 bridgehead atoms. The van der Waals surface area contributed by atoms with Gasteiger partial charge in [-0.15, -0.1) is 0 Å². The van der Waals surface area contributed by atoms with E-state index in [4.69, 9.17) is 27.9 Å². The highest BCUT2D eigenvalue weighted by Gasteiger charge is 2.12. The lowest BCUT2D eigenvalue weighted by Gasteiger charge is -2.06. The monoisotopic (exact) mass is 393 g/mol. The number of nitrogens with zero attached hydrogens (tertiary/aromatic N) is 2. The number of rotatable bonds is 6. The first kappa shape index (κ1) is 18.2. The summed E-state index contributed by atoms with van der Waals surface area (Å²) in [6, 6.07) is 13.0. The fourth-order valence-electron chi connectivity index (χ4n) is 2.21. The van der Waals surface area contributed by atoms with E-state index in [-0.39, 0.29) is 29.8 Å². The van der Waals surface area contributed by atoms with Crippen molar-refractivity contribution in [3.63, 3.8) is 0 Å². The molecule has 5 nitrogen and oxygen atoms in total. The van der Waals surface area contributed by atoms with Gasteiger partial charge in [0.05, 0.1) is 6.54 Å². The van der Waals surface area contributed by atoms with E-state index >= 15 is 0 Å². The molecule has 26 heavy (non-hydrogen) atoms. The number of halogens is 3. The second kappa shape index (κ2) is 8.21. The first-order valence-corrected chi connectivity index (χ1v) is 8.41. The minimum atomic E-state index is -0.419. The Bertz CT molecular complexity index is 913. The van der Waals surface area contributed by atoms with Crippen molar-refractivity contribution in [2.75, 3.05) is 11.9 Å². The maximum absolute atomic E-state index is 13.7. The van der Waals surface area contributed by atoms with E-state index in [0.717, 1.165) is 0 Å². The van der Waals surface area contributed by atoms with Crippen molar-refractivity contribution in [1.29, 1.82) is 0 Å². The molecule has 0 saturated heterocycles. The highest BCUT2D eigenvalue weighted by Crippen LogP contribution is 2.21. The van der Waals surface area contributed by atoms with Crippen LogP contribution in [0.5, 0.6) is 5.75 Å². The molecule has 1 heterocycles. The molecule has 3 rings (SSSR count). The van der Waals surface area contributed by atoms with Crippen molar-refractivity contribution in [3.8, 4) is 5.75 Å². The summed E-state index contributed by atoms with van der Waals surface area (Å²) in [5.74, 6) is -0.0486. The number of benzene rings is 2. The van der Waals surface area contributed by atoms with Gasteiger partial charge in [0, 0.05) is 16.8 Å². The summed E-state index contributed by atoms with van der Waals surface area (Å²) in [5, 5.41) is 7.56. The second-order valence-corrected chi connectivity index (χ2v) is 6.25. The lowest BCUT2D eigenvalue weighted by atomic mass is 10.2. The van der Waals surface area contributed by atoms with Crippen LogP contribution >= 0.6 is 23.2 Å². The van der Waals surface area contributed by atoms with E-state index < -0.39 is 5.91 Å². The summed E-state index contributed by atoms with van der Waals surface area (Å²) < 4.78 is 20.5. The molecule has 0 radical (unpaired) electrons. The van der Waals surface area contributed by atoms with Gasteiger partial charge in [-0.1, -0.05) is 41.4 Å². The molecule has 134 valence electrons. The van der Waals surface area contributed by atoms with Crippen LogP contribution in [0.15, 0.2) is 54.7 Å². The van der Waals surface area contributed by atoms with Crippen LogP contribution in [0.2, 0.25) is 10.0 Å². The Kier molecular flexibility index (Phi) is 5.75. The third kappa shape index (κ3) is 4.74. The van der Waals surface area contributed by atoms with Crippen molar-refractivity contribution >= 4 is 34.9 Å². The molecule has 3 aromatic rings. The van der Waals surface area contributed by atoms with Crippen LogP contribution in [0, 0.1) is 5.82 Å². The number of hydrogen-bond donors (Lipinski definition) is 1. The van der Waals surface area contributed by atoms with Crippen molar-refractivity contribution in [2.24, 2.45) is 0 Å². The molecule has 1 N–H and O–H groups in total. The zero-order valence-electron chi connectivity index (χ0n) is 13.5. The van der Waals surface area contributed by atoms with Crippen molar-refractivity contribution < 1.29 is 13.9 Å². The SMILES string of the molecule is O=C(COc1ccc(Cl)cc1)Nc1nn(Cc2ccccc2F)cc1Cl. The van der Waals surface area contributed by atoms with E-state index in [9.17, 15) is 9.18 Å². The van der Waals surface area contributed by atoms with Crippen LogP contribution in [0.25, 0.3) is 0 Å². The van der Waals surface area contributed by atoms with Crippen LogP contribution in [0.3, 0.4) is 0 Å². The topological polar surface area (TPSA) is 56.1 Å². The van der Waals surface area contributed by atoms with Crippen LogP contribution in [-0.4, -0.2) is 22.3 Å². The van der Waals surface area contributed by atoms with Crippen LogP contribution in [0.1, 0.15) is 5.56 Å². The number of amides is 1. The van der Waals surface area contributed by atoms with E-state index in [1.54, 1.807) is 42.5 Å². The van der Waals surface area contributed by atoms with Gasteiger partial charge in [-0.2, -0.15) is 5.10 Å². The van der Waals surface area contributed by atoms with Gasteiger partial charge < -0.3 is 10.1 Å². The summed E-state index contributed by atoms with van der Waals surface area (Å²) in [6.45, 7) is -0.0122. The molecule has 1 aromatic heterocycles. The van der Waals surface area contributed by atoms with E-state index in [2.05, 4.69) is 10.4 Å². The maximum atomic E-state index is 13.7. The van der Waals surface area contributed by atoms with Gasteiger partial charge in [0.15, 0.2) is 12.4 Å². The largest absolute Gasteiger partial charge is 0.484 e. The first-order chi connectivity index (χ1) is 12.5. The van der Waals surface area contributed by atoms with Crippen LogP contribution in [-0.2, 0) is 11.3 Å². The fourth-order valence-corrected chi connectivity index (χ4v) is 2.54. The molecular formula is C18H14Cl2FN3O2. The lowest BCUT2D eigenvalue weighted by Crippen LogP contribution is -2.20. The third-order valence-electron chi connectivity index (χ3n) is 3.45. The highest BCUT2D eigenvalue weighted by molar-refractivity contribution is 6.33. The van der Waals surface area contributed by atoms with E-state index in [1.807, 2.05) is 0 Å². The Morgan fingerprint density at radius 1 is 1.15 bits per heavy atom. The first-order valence-electron chi connectivity index (χ1n) is 7.66. The molecule has 0 aliphatic rings. The molecule has 0 aliphatic carbocycles. The van der Waals surface area contributed by atoms with E-state index in [0.29, 0.717) is 16.3 Å². The normalized spacial score (nSPS) is 10.6. The van der Waals surface area contributed by atoms with Gasteiger partial charge in [-0.3, -0.25) is 9.48 Å². The second-order valence-electron chi connectivity index (χ2n) is 5.41. The number of anilines is 1. The van der Waals surface area contributed by atoms with Gasteiger partial charge in [0.2, 0.25) is 0 Å². The molecule has 2 aromatic carbocycles. The van der Waals surface area contributed by atoms with Gasteiger partial charge >= 0.3 is 0 Å². The van der Waals surface area contributed by atoms with Crippen molar-refractivity contribution in [1.82, 2.24) is 9.78 Å². The van der Waals surface area contributed by atoms with Gasteiger partial charge in [-0.25, -0.2) is 4.39 Å². The molecular weight excluding hydrogens is 380 g/mol. The lowest BCUT2D eigenvalue weighted by molar-refractivity contribution is -0.118. The summed E-state index contributed by atoms with van der Waals surface area (Å²) in [4.78, 5) is 12.0. The average Bonchev–Trinajstić information content (AvgIpc) is 2.95. The smallest absolute Gasteiger partial charge is 0.263 e. The van der Waals surface area contributed by atoms with Crippen LogP contribution in [0.4, 0.5) is 10.2 Å². The molecule has 0 fully saturated rings. The highest BCUT2D eigenvalue weighted by atomic mass is 35.5. The summed E-state index contributed by atoms with van der Waals surface area (Å²) in [5.41, 5.74) is 0.468. The Hall–Kier alpha value is -2.57. The average molecular weight is 394 g/mol. The maximum Gasteiger partial charge on any atom is 0.263 e. The van der Waals surface area contributed by atoms with Gasteiger partial charge in [0.1, 0.15) is 16.6 Å². The number of carbonyl (C=O) groups is 1. The molecule has 0 aliphatic heterocycles. The van der Waals surface area contributed by atoms with Crippen molar-refractivity contribution in [3.05, 3.63) is 76.2 Å². The molecule has 1 amide bonds. The summed E-state index contributed by atoms with van der Waals surface area (Å²) in [6.07, 6.45) is 1.52. The third-order valence-corrected chi connectivity index (χ3v) is 3.98. The quantitative estimate of drug-likeness (QED) is 0.675. The van der Waals surface area contributed by atoms with Gasteiger partial charge in [-0.05, 0) is 30.3 Å². The number of hydrogen-bond acceptors (Lipinski definition) is 3. The zero-order valence-corrected chi connectivity index (χ0v) is 15.0. The van der Waals surface area contributed by atoms with E-state index in [1.165, 1.54) is 16.9 Å². The molecule has 0 atom stereocenters. The van der Waals surface area contributed by atoms with Crippen molar-refractivity contribution in [2.45, 2.75) is 6.54 Å². The summed E-state index contributed by atoms with van der Waals surface area (Å²) >= 11 is 11.9. The van der Waals surface area contributed by atoms with Gasteiger partial charge in [0.25, 0.3) is 5.91 Å². The predicted molar refractivity (Wildman–Crippen MR) is 98.3 cm³/mol. The summed E-state index contributed by atoms with van der Waals surface area (Å²) in [7, 11) is 0. The standard InChI is InChI=1S/C18H14Cl2FN3O2/c19-13-5-7-14(8-6-13)26-11-17(25)22-18-15(20)10-24(23-18)9-12-3-1-2-4-16(12)21/h1-8,10H,9,11H2,(H,22,23,25). The Morgan fingerprint density at radius 3 is 2.62 bits per heavy atom. The minimum Gasteiger partial charge on any atom is -0.484 e. The Balaban J connectivity index is 1.59. The Labute approximate surface area is 159 Å². The molecule has 0 unspecified atom stereocenters. The minimum absolute atomic E-state index is 0.188. The molecule has 8 heteroatoms. The zero-order chi connectivity index (χ0) is 18.5. The number of carbonyl (C=O) groups excluding carboxylic acids is 1. The number of ether oxygens (including phenoxy) is 1.